The van der Waals surface area contributed by atoms with Gasteiger partial charge in [0.1, 0.15) is 11.6 Å². The van der Waals surface area contributed by atoms with Crippen LogP contribution in [-0.4, -0.2) is 22.0 Å². The summed E-state index contributed by atoms with van der Waals surface area (Å²) in [5, 5.41) is 3.08. The van der Waals surface area contributed by atoms with Crippen LogP contribution in [0.25, 0.3) is 11.3 Å². The molecule has 2 heterocycles. The Balaban J connectivity index is 2.53. The smallest absolute Gasteiger partial charge is 0.133 e. The van der Waals surface area contributed by atoms with Gasteiger partial charge in [0.2, 0.25) is 0 Å². The Morgan fingerprint density at radius 1 is 1.17 bits per heavy atom. The molecule has 0 unspecified atom stereocenters. The zero-order valence-electron chi connectivity index (χ0n) is 11.2. The minimum atomic E-state index is 0.306. The first-order valence-electron chi connectivity index (χ1n) is 6.10. The number of aryl methyl sites for hydroxylation is 1. The fourth-order valence-corrected chi connectivity index (χ4v) is 1.70. The van der Waals surface area contributed by atoms with Crippen molar-refractivity contribution in [1.29, 1.82) is 0 Å². The molecule has 1 N–H and O–H groups in total. The predicted octanol–water partition coefficient (Wildman–Crippen LogP) is 3.01. The Hall–Kier alpha value is -1.97. The van der Waals surface area contributed by atoms with Crippen molar-refractivity contribution in [1.82, 2.24) is 15.0 Å². The number of aromatic nitrogens is 3. The highest BCUT2D eigenvalue weighted by molar-refractivity contribution is 5.62. The summed E-state index contributed by atoms with van der Waals surface area (Å²) >= 11 is 0. The molecular weight excluding hydrogens is 224 g/mol. The van der Waals surface area contributed by atoms with Gasteiger partial charge in [-0.2, -0.15) is 0 Å². The lowest BCUT2D eigenvalue weighted by Gasteiger charge is -2.10. The van der Waals surface area contributed by atoms with Crippen molar-refractivity contribution < 1.29 is 0 Å². The van der Waals surface area contributed by atoms with Crippen LogP contribution in [0.15, 0.2) is 24.4 Å². The molecule has 0 aliphatic carbocycles. The molecule has 4 nitrogen and oxygen atoms in total. The highest BCUT2D eigenvalue weighted by Crippen LogP contribution is 2.22. The topological polar surface area (TPSA) is 50.7 Å². The molecule has 0 aliphatic heterocycles. The number of anilines is 1. The standard InChI is InChI=1S/C14H18N4/c1-9(2)14-17-12(8-13(15-4)18-14)11-5-6-16-10(3)7-11/h5-9H,1-4H3,(H,15,17,18). The van der Waals surface area contributed by atoms with Crippen LogP contribution in [0.1, 0.15) is 31.3 Å². The highest BCUT2D eigenvalue weighted by Gasteiger charge is 2.09. The van der Waals surface area contributed by atoms with Crippen molar-refractivity contribution >= 4 is 5.82 Å². The lowest BCUT2D eigenvalue weighted by Crippen LogP contribution is -2.03. The Morgan fingerprint density at radius 3 is 2.56 bits per heavy atom. The van der Waals surface area contributed by atoms with Crippen molar-refractivity contribution in [2.45, 2.75) is 26.7 Å². The molecule has 0 radical (unpaired) electrons. The molecular formula is C14H18N4. The summed E-state index contributed by atoms with van der Waals surface area (Å²) < 4.78 is 0. The fourth-order valence-electron chi connectivity index (χ4n) is 1.70. The summed E-state index contributed by atoms with van der Waals surface area (Å²) in [4.78, 5) is 13.3. The molecule has 4 heteroatoms. The molecule has 2 aromatic rings. The molecule has 0 saturated carbocycles. The second-order valence-corrected chi connectivity index (χ2v) is 4.59. The van der Waals surface area contributed by atoms with E-state index in [2.05, 4.69) is 34.1 Å². The molecule has 18 heavy (non-hydrogen) atoms. The van der Waals surface area contributed by atoms with E-state index in [4.69, 9.17) is 0 Å². The number of nitrogens with zero attached hydrogens (tertiary/aromatic N) is 3. The van der Waals surface area contributed by atoms with Gasteiger partial charge in [-0.1, -0.05) is 13.8 Å². The van der Waals surface area contributed by atoms with E-state index in [1.54, 1.807) is 6.20 Å². The van der Waals surface area contributed by atoms with Crippen LogP contribution in [0.2, 0.25) is 0 Å². The van der Waals surface area contributed by atoms with Crippen molar-refractivity contribution in [3.05, 3.63) is 35.9 Å². The van der Waals surface area contributed by atoms with Crippen molar-refractivity contribution in [3.8, 4) is 11.3 Å². The van der Waals surface area contributed by atoms with E-state index in [1.807, 2.05) is 32.2 Å². The number of hydrogen-bond acceptors (Lipinski definition) is 4. The van der Waals surface area contributed by atoms with Gasteiger partial charge in [-0.3, -0.25) is 4.98 Å². The number of hydrogen-bond donors (Lipinski definition) is 1. The van der Waals surface area contributed by atoms with Crippen LogP contribution in [-0.2, 0) is 0 Å². The molecule has 2 aromatic heterocycles. The minimum absolute atomic E-state index is 0.306. The third-order valence-electron chi connectivity index (χ3n) is 2.71. The predicted molar refractivity (Wildman–Crippen MR) is 73.6 cm³/mol. The Labute approximate surface area is 108 Å². The molecule has 0 amide bonds. The van der Waals surface area contributed by atoms with E-state index < -0.39 is 0 Å². The van der Waals surface area contributed by atoms with Gasteiger partial charge in [0.15, 0.2) is 0 Å². The number of nitrogens with one attached hydrogen (secondary N) is 1. The van der Waals surface area contributed by atoms with Gasteiger partial charge in [0.05, 0.1) is 5.69 Å². The molecule has 0 aromatic carbocycles. The highest BCUT2D eigenvalue weighted by atomic mass is 15.0. The van der Waals surface area contributed by atoms with E-state index in [1.165, 1.54) is 0 Å². The van der Waals surface area contributed by atoms with Gasteiger partial charge < -0.3 is 5.32 Å². The molecule has 0 atom stereocenters. The quantitative estimate of drug-likeness (QED) is 0.898. The third kappa shape index (κ3) is 2.64. The van der Waals surface area contributed by atoms with E-state index in [9.17, 15) is 0 Å². The van der Waals surface area contributed by atoms with Crippen LogP contribution in [0, 0.1) is 6.92 Å². The van der Waals surface area contributed by atoms with Gasteiger partial charge in [0.25, 0.3) is 0 Å². The molecule has 0 fully saturated rings. The molecule has 0 saturated heterocycles. The number of pyridine rings is 1. The van der Waals surface area contributed by atoms with E-state index >= 15 is 0 Å². The maximum Gasteiger partial charge on any atom is 0.133 e. The summed E-state index contributed by atoms with van der Waals surface area (Å²) in [6, 6.07) is 5.96. The second-order valence-electron chi connectivity index (χ2n) is 4.59. The average Bonchev–Trinajstić information content (AvgIpc) is 2.38. The molecule has 94 valence electrons. The molecule has 0 aliphatic rings. The summed E-state index contributed by atoms with van der Waals surface area (Å²) in [5.74, 6) is 2.00. The maximum atomic E-state index is 4.61. The largest absolute Gasteiger partial charge is 0.373 e. The first kappa shape index (κ1) is 12.5. The summed E-state index contributed by atoms with van der Waals surface area (Å²) in [6.07, 6.45) is 1.81. The molecule has 0 bridgehead atoms. The van der Waals surface area contributed by atoms with Crippen LogP contribution < -0.4 is 5.32 Å². The Morgan fingerprint density at radius 2 is 1.94 bits per heavy atom. The molecule has 2 rings (SSSR count). The zero-order chi connectivity index (χ0) is 13.1. The molecule has 0 spiro atoms. The third-order valence-corrected chi connectivity index (χ3v) is 2.71. The summed E-state index contributed by atoms with van der Waals surface area (Å²) in [5.41, 5.74) is 3.00. The van der Waals surface area contributed by atoms with Gasteiger partial charge in [-0.05, 0) is 19.1 Å². The monoisotopic (exact) mass is 242 g/mol. The number of rotatable bonds is 3. The normalized spacial score (nSPS) is 10.7. The van der Waals surface area contributed by atoms with Gasteiger partial charge in [0, 0.05) is 36.5 Å². The minimum Gasteiger partial charge on any atom is -0.373 e. The lowest BCUT2D eigenvalue weighted by molar-refractivity contribution is 0.777. The summed E-state index contributed by atoms with van der Waals surface area (Å²) in [7, 11) is 1.87. The maximum absolute atomic E-state index is 4.61. The first-order chi connectivity index (χ1) is 8.60. The van der Waals surface area contributed by atoms with Crippen molar-refractivity contribution in [3.63, 3.8) is 0 Å². The Kier molecular flexibility index (Phi) is 3.55. The van der Waals surface area contributed by atoms with Crippen molar-refractivity contribution in [2.75, 3.05) is 12.4 Å². The Bertz CT molecular complexity index is 549. The van der Waals surface area contributed by atoms with Crippen LogP contribution in [0.4, 0.5) is 5.82 Å². The van der Waals surface area contributed by atoms with E-state index in [0.717, 1.165) is 28.6 Å². The van der Waals surface area contributed by atoms with Crippen LogP contribution >= 0.6 is 0 Å². The van der Waals surface area contributed by atoms with Gasteiger partial charge in [-0.15, -0.1) is 0 Å². The van der Waals surface area contributed by atoms with Crippen LogP contribution in [0.3, 0.4) is 0 Å². The van der Waals surface area contributed by atoms with Gasteiger partial charge in [-0.25, -0.2) is 9.97 Å². The van der Waals surface area contributed by atoms with E-state index in [0.29, 0.717) is 5.92 Å². The van der Waals surface area contributed by atoms with Crippen LogP contribution in [0.5, 0.6) is 0 Å². The lowest BCUT2D eigenvalue weighted by atomic mass is 10.1. The average molecular weight is 242 g/mol. The second kappa shape index (κ2) is 5.12. The first-order valence-corrected chi connectivity index (χ1v) is 6.10. The van der Waals surface area contributed by atoms with Gasteiger partial charge >= 0.3 is 0 Å². The summed E-state index contributed by atoms with van der Waals surface area (Å²) in [6.45, 7) is 6.17. The zero-order valence-corrected chi connectivity index (χ0v) is 11.2. The fraction of sp³-hybridized carbons (Fsp3) is 0.357. The SMILES string of the molecule is CNc1cc(-c2ccnc(C)c2)nc(C(C)C)n1. The van der Waals surface area contributed by atoms with Crippen molar-refractivity contribution in [2.24, 2.45) is 0 Å². The van der Waals surface area contributed by atoms with E-state index in [-0.39, 0.29) is 0 Å².